The average molecular weight is 156 g/mol. The molecule has 1 saturated heterocycles. The van der Waals surface area contributed by atoms with Crippen molar-refractivity contribution in [1.82, 2.24) is 0 Å². The van der Waals surface area contributed by atoms with Crippen LogP contribution in [0.25, 0.3) is 0 Å². The van der Waals surface area contributed by atoms with Crippen molar-refractivity contribution in [2.45, 2.75) is 23.5 Å². The lowest BCUT2D eigenvalue weighted by atomic mass is 9.95. The third-order valence-corrected chi connectivity index (χ3v) is 2.41. The van der Waals surface area contributed by atoms with E-state index in [0.717, 1.165) is 0 Å². The van der Waals surface area contributed by atoms with Crippen LogP contribution in [0.2, 0.25) is 0 Å². The normalized spacial score (nSPS) is 49.6. The van der Waals surface area contributed by atoms with E-state index in [0.29, 0.717) is 6.42 Å². The number of nitrogens with zero attached hydrogens (tertiary/aromatic N) is 1. The van der Waals surface area contributed by atoms with Crippen molar-refractivity contribution in [1.29, 1.82) is 5.26 Å². The average Bonchev–Trinajstić information content (AvgIpc) is 2.46. The number of rotatable bonds is 0. The number of nitriles is 1. The highest BCUT2D eigenvalue weighted by molar-refractivity contribution is 6.26. The second-order valence-electron chi connectivity index (χ2n) is 2.66. The van der Waals surface area contributed by atoms with E-state index in [1.807, 2.05) is 12.2 Å². The first kappa shape index (κ1) is 6.21. The van der Waals surface area contributed by atoms with Crippen molar-refractivity contribution in [2.75, 3.05) is 0 Å². The Labute approximate surface area is 64.0 Å². The topological polar surface area (TPSA) is 33.0 Å². The molecule has 0 aliphatic carbocycles. The maximum absolute atomic E-state index is 8.65. The van der Waals surface area contributed by atoms with Gasteiger partial charge in [0.15, 0.2) is 4.87 Å². The zero-order valence-electron chi connectivity index (χ0n) is 5.25. The Kier molecular flexibility index (Phi) is 1.08. The van der Waals surface area contributed by atoms with E-state index in [-0.39, 0.29) is 12.2 Å². The highest BCUT2D eigenvalue weighted by Gasteiger charge is 2.49. The van der Waals surface area contributed by atoms with Crippen molar-refractivity contribution in [3.8, 4) is 6.07 Å². The Hall–Kier alpha value is -0.520. The molecule has 2 nitrogen and oxygen atoms in total. The molecule has 2 aliphatic heterocycles. The summed E-state index contributed by atoms with van der Waals surface area (Å²) in [5.74, 6) is 0. The summed E-state index contributed by atoms with van der Waals surface area (Å²) in [5, 5.41) is 8.65. The van der Waals surface area contributed by atoms with E-state index in [2.05, 4.69) is 6.07 Å². The highest BCUT2D eigenvalue weighted by Crippen LogP contribution is 2.41. The molecule has 2 heterocycles. The molecule has 0 N–H and O–H groups in total. The van der Waals surface area contributed by atoms with Crippen molar-refractivity contribution in [3.63, 3.8) is 0 Å². The zero-order chi connectivity index (χ0) is 7.19. The summed E-state index contributed by atoms with van der Waals surface area (Å²) in [6.07, 6.45) is 4.37. The molecule has 1 fully saturated rings. The fraction of sp³-hybridized carbons (Fsp3) is 0.571. The molecular weight excluding hydrogens is 150 g/mol. The van der Waals surface area contributed by atoms with Crippen molar-refractivity contribution in [2.24, 2.45) is 0 Å². The minimum Gasteiger partial charge on any atom is -0.364 e. The largest absolute Gasteiger partial charge is 0.364 e. The van der Waals surface area contributed by atoms with Crippen molar-refractivity contribution < 1.29 is 4.74 Å². The van der Waals surface area contributed by atoms with Crippen LogP contribution in [0.3, 0.4) is 0 Å². The smallest absolute Gasteiger partial charge is 0.163 e. The maximum atomic E-state index is 8.65. The van der Waals surface area contributed by atoms with Gasteiger partial charge in [0.2, 0.25) is 0 Å². The van der Waals surface area contributed by atoms with Gasteiger partial charge in [-0.25, -0.2) is 0 Å². The Bertz CT molecular complexity index is 232. The summed E-state index contributed by atoms with van der Waals surface area (Å²) < 4.78 is 5.31. The van der Waals surface area contributed by atoms with Gasteiger partial charge in [-0.05, 0) is 0 Å². The first-order chi connectivity index (χ1) is 4.74. The molecule has 2 rings (SSSR count). The number of halogens is 1. The third-order valence-electron chi connectivity index (χ3n) is 1.96. The lowest BCUT2D eigenvalue weighted by Gasteiger charge is -2.15. The molecule has 0 aromatic rings. The van der Waals surface area contributed by atoms with Gasteiger partial charge in [0.1, 0.15) is 6.10 Å². The number of ether oxygens (including phenoxy) is 1. The van der Waals surface area contributed by atoms with Crippen molar-refractivity contribution in [3.05, 3.63) is 12.2 Å². The van der Waals surface area contributed by atoms with Crippen LogP contribution in [0.4, 0.5) is 0 Å². The summed E-state index contributed by atoms with van der Waals surface area (Å²) in [6, 6.07) is 2.06. The fourth-order valence-corrected chi connectivity index (χ4v) is 1.67. The summed E-state index contributed by atoms with van der Waals surface area (Å²) in [5.41, 5.74) is 0. The molecule has 0 unspecified atom stereocenters. The van der Waals surface area contributed by atoms with Gasteiger partial charge in [-0.2, -0.15) is 5.26 Å². The van der Waals surface area contributed by atoms with Gasteiger partial charge < -0.3 is 4.74 Å². The predicted molar refractivity (Wildman–Crippen MR) is 36.6 cm³/mol. The molecule has 0 radical (unpaired) electrons. The minimum atomic E-state index is -0.778. The molecule has 3 atom stereocenters. The van der Waals surface area contributed by atoms with Crippen LogP contribution < -0.4 is 0 Å². The highest BCUT2D eigenvalue weighted by atomic mass is 35.5. The molecular formula is C7H6ClNO. The van der Waals surface area contributed by atoms with Crippen LogP contribution in [0.1, 0.15) is 6.42 Å². The summed E-state index contributed by atoms with van der Waals surface area (Å²) >= 11 is 5.91. The monoisotopic (exact) mass is 155 g/mol. The summed E-state index contributed by atoms with van der Waals surface area (Å²) in [4.78, 5) is -0.778. The molecule has 0 amide bonds. The van der Waals surface area contributed by atoms with Crippen LogP contribution in [0.5, 0.6) is 0 Å². The Morgan fingerprint density at radius 1 is 1.70 bits per heavy atom. The van der Waals surface area contributed by atoms with Gasteiger partial charge >= 0.3 is 0 Å². The molecule has 52 valence electrons. The Balaban J connectivity index is 2.33. The van der Waals surface area contributed by atoms with E-state index in [1.54, 1.807) is 0 Å². The fourth-order valence-electron chi connectivity index (χ4n) is 1.40. The Morgan fingerprint density at radius 3 is 2.80 bits per heavy atom. The number of fused-ring (bicyclic) bond motifs is 2. The van der Waals surface area contributed by atoms with Gasteiger partial charge in [-0.1, -0.05) is 23.8 Å². The maximum Gasteiger partial charge on any atom is 0.163 e. The molecule has 3 heteroatoms. The first-order valence-corrected chi connectivity index (χ1v) is 3.56. The second-order valence-corrected chi connectivity index (χ2v) is 3.33. The number of alkyl halides is 1. The molecule has 2 bridgehead atoms. The quantitative estimate of drug-likeness (QED) is 0.389. The van der Waals surface area contributed by atoms with E-state index in [1.165, 1.54) is 0 Å². The van der Waals surface area contributed by atoms with E-state index in [9.17, 15) is 0 Å². The first-order valence-electron chi connectivity index (χ1n) is 3.18. The van der Waals surface area contributed by atoms with Gasteiger partial charge in [0.05, 0.1) is 12.2 Å². The standard InChI is InChI=1S/C7H6ClNO/c8-7(4-9)3-5-1-2-6(7)10-5/h1-2,5-6H,3H2/t5-,6+,7-/m0/s1. The molecule has 0 spiro atoms. The van der Waals surface area contributed by atoms with Crippen molar-refractivity contribution >= 4 is 11.6 Å². The van der Waals surface area contributed by atoms with E-state index in [4.69, 9.17) is 21.6 Å². The van der Waals surface area contributed by atoms with Crippen LogP contribution in [0.15, 0.2) is 12.2 Å². The third kappa shape index (κ3) is 0.622. The van der Waals surface area contributed by atoms with Crippen LogP contribution in [-0.4, -0.2) is 17.1 Å². The lowest BCUT2D eigenvalue weighted by molar-refractivity contribution is 0.117. The van der Waals surface area contributed by atoms with Gasteiger partial charge in [0, 0.05) is 6.42 Å². The minimum absolute atomic E-state index is 0.0853. The molecule has 0 aromatic heterocycles. The Morgan fingerprint density at radius 2 is 2.50 bits per heavy atom. The predicted octanol–water partition coefficient (Wildman–Crippen LogP) is 1.21. The molecule has 2 aliphatic rings. The van der Waals surface area contributed by atoms with Crippen LogP contribution in [-0.2, 0) is 4.74 Å². The van der Waals surface area contributed by atoms with E-state index >= 15 is 0 Å². The lowest BCUT2D eigenvalue weighted by Crippen LogP contribution is -2.29. The zero-order valence-corrected chi connectivity index (χ0v) is 6.01. The molecule has 0 saturated carbocycles. The number of hydrogen-bond donors (Lipinski definition) is 0. The second kappa shape index (κ2) is 1.75. The van der Waals surface area contributed by atoms with Gasteiger partial charge in [-0.3, -0.25) is 0 Å². The molecule has 0 aromatic carbocycles. The summed E-state index contributed by atoms with van der Waals surface area (Å²) in [7, 11) is 0. The molecule has 10 heavy (non-hydrogen) atoms. The van der Waals surface area contributed by atoms with Gasteiger partial charge in [-0.15, -0.1) is 0 Å². The van der Waals surface area contributed by atoms with Gasteiger partial charge in [0.25, 0.3) is 0 Å². The SMILES string of the molecule is N#C[C@@]1(Cl)C[C@@H]2C=C[C@H]1O2. The summed E-state index contributed by atoms with van der Waals surface area (Å²) in [6.45, 7) is 0. The number of hydrogen-bond acceptors (Lipinski definition) is 2. The van der Waals surface area contributed by atoms with E-state index < -0.39 is 4.87 Å². The van der Waals surface area contributed by atoms with Crippen LogP contribution >= 0.6 is 11.6 Å². The van der Waals surface area contributed by atoms with Crippen LogP contribution in [0, 0.1) is 11.3 Å².